The largest absolute Gasteiger partial charge is 0.507 e. The Morgan fingerprint density at radius 3 is 3.07 bits per heavy atom. The lowest BCUT2D eigenvalue weighted by molar-refractivity contribution is 0.0596. The number of phenolic OH excluding ortho intramolecular Hbond substituents is 1. The predicted octanol–water partition coefficient (Wildman–Crippen LogP) is 1.11. The molecule has 0 bridgehead atoms. The van der Waals surface area contributed by atoms with E-state index in [9.17, 15) is 9.90 Å². The van der Waals surface area contributed by atoms with E-state index in [4.69, 9.17) is 4.74 Å². The molecule has 2 rings (SSSR count). The average Bonchev–Trinajstić information content (AvgIpc) is 2.64. The van der Waals surface area contributed by atoms with E-state index >= 15 is 0 Å². The molecular weight excluding hydrogens is 184 g/mol. The first-order chi connectivity index (χ1) is 6.74. The van der Waals surface area contributed by atoms with Crippen molar-refractivity contribution in [2.24, 2.45) is 0 Å². The van der Waals surface area contributed by atoms with Gasteiger partial charge in [-0.25, -0.2) is 4.79 Å². The monoisotopic (exact) mass is 194 g/mol. The molecule has 1 aromatic rings. The maximum absolute atomic E-state index is 11.4. The molecule has 0 fully saturated rings. The van der Waals surface area contributed by atoms with Crippen molar-refractivity contribution in [3.8, 4) is 11.5 Å². The van der Waals surface area contributed by atoms with Gasteiger partial charge >= 0.3 is 5.97 Å². The summed E-state index contributed by atoms with van der Waals surface area (Å²) in [5.41, 5.74) is 0.958. The number of hydrogen-bond donors (Lipinski definition) is 1. The number of methoxy groups -OCH3 is 1. The molecule has 0 spiro atoms. The van der Waals surface area contributed by atoms with Crippen LogP contribution < -0.4 is 4.74 Å². The van der Waals surface area contributed by atoms with E-state index in [1.54, 1.807) is 6.07 Å². The summed E-state index contributed by atoms with van der Waals surface area (Å²) in [7, 11) is 1.29. The molecule has 1 aliphatic rings. The smallest absolute Gasteiger partial charge is 0.342 e. The Hall–Kier alpha value is -1.71. The quantitative estimate of drug-likeness (QED) is 0.680. The third-order valence-electron chi connectivity index (χ3n) is 2.25. The summed E-state index contributed by atoms with van der Waals surface area (Å²) in [5.74, 6) is 0.0779. The van der Waals surface area contributed by atoms with Gasteiger partial charge in [0.1, 0.15) is 17.1 Å². The second kappa shape index (κ2) is 3.21. The van der Waals surface area contributed by atoms with Gasteiger partial charge in [0.2, 0.25) is 0 Å². The lowest BCUT2D eigenvalue weighted by atomic mass is 10.0. The summed E-state index contributed by atoms with van der Waals surface area (Å²) >= 11 is 0. The number of ether oxygens (including phenoxy) is 2. The van der Waals surface area contributed by atoms with Crippen LogP contribution in [-0.4, -0.2) is 24.8 Å². The molecule has 0 saturated heterocycles. The molecule has 14 heavy (non-hydrogen) atoms. The number of benzene rings is 1. The van der Waals surface area contributed by atoms with Crippen molar-refractivity contribution in [2.45, 2.75) is 6.42 Å². The van der Waals surface area contributed by atoms with Crippen LogP contribution in [0.25, 0.3) is 0 Å². The minimum atomic E-state index is -0.523. The number of carbonyl (C=O) groups excluding carboxylic acids is 1. The molecule has 0 radical (unpaired) electrons. The molecule has 74 valence electrons. The van der Waals surface area contributed by atoms with Crippen LogP contribution in [0.15, 0.2) is 12.1 Å². The Balaban J connectivity index is 2.57. The third kappa shape index (κ3) is 1.19. The fourth-order valence-electron chi connectivity index (χ4n) is 1.59. The molecular formula is C10H10O4. The van der Waals surface area contributed by atoms with Gasteiger partial charge in [0.05, 0.1) is 13.7 Å². The summed E-state index contributed by atoms with van der Waals surface area (Å²) < 4.78 is 9.86. The van der Waals surface area contributed by atoms with Gasteiger partial charge in [-0.05, 0) is 12.1 Å². The normalized spacial score (nSPS) is 13.2. The van der Waals surface area contributed by atoms with E-state index in [1.807, 2.05) is 0 Å². The predicted molar refractivity (Wildman–Crippen MR) is 48.6 cm³/mol. The number of phenols is 1. The van der Waals surface area contributed by atoms with Crippen LogP contribution in [0.1, 0.15) is 15.9 Å². The highest BCUT2D eigenvalue weighted by atomic mass is 16.5. The molecule has 0 aliphatic carbocycles. The Bertz CT molecular complexity index is 384. The number of carbonyl (C=O) groups is 1. The Kier molecular flexibility index (Phi) is 2.04. The lowest BCUT2D eigenvalue weighted by Gasteiger charge is -2.06. The number of fused-ring (bicyclic) bond motifs is 1. The van der Waals surface area contributed by atoms with Crippen LogP contribution in [0, 0.1) is 0 Å². The zero-order valence-corrected chi connectivity index (χ0v) is 7.74. The highest BCUT2D eigenvalue weighted by molar-refractivity contribution is 5.95. The maximum atomic E-state index is 11.4. The van der Waals surface area contributed by atoms with Crippen molar-refractivity contribution in [3.05, 3.63) is 23.3 Å². The van der Waals surface area contributed by atoms with Crippen LogP contribution in [-0.2, 0) is 11.2 Å². The van der Waals surface area contributed by atoms with Crippen molar-refractivity contribution < 1.29 is 19.4 Å². The molecule has 4 nitrogen and oxygen atoms in total. The Morgan fingerprint density at radius 2 is 2.36 bits per heavy atom. The number of hydrogen-bond acceptors (Lipinski definition) is 4. The maximum Gasteiger partial charge on any atom is 0.342 e. The first kappa shape index (κ1) is 8.87. The summed E-state index contributed by atoms with van der Waals surface area (Å²) in [6.45, 7) is 0.544. The molecule has 0 saturated carbocycles. The molecule has 1 N–H and O–H groups in total. The van der Waals surface area contributed by atoms with Gasteiger partial charge in [-0.3, -0.25) is 0 Å². The van der Waals surface area contributed by atoms with E-state index < -0.39 is 5.97 Å². The van der Waals surface area contributed by atoms with E-state index in [2.05, 4.69) is 4.74 Å². The van der Waals surface area contributed by atoms with Crippen molar-refractivity contribution >= 4 is 5.97 Å². The van der Waals surface area contributed by atoms with Gasteiger partial charge < -0.3 is 14.6 Å². The van der Waals surface area contributed by atoms with E-state index in [0.717, 1.165) is 5.56 Å². The topological polar surface area (TPSA) is 55.8 Å². The molecule has 1 aliphatic heterocycles. The zero-order valence-electron chi connectivity index (χ0n) is 7.74. The molecule has 0 unspecified atom stereocenters. The fraction of sp³-hybridized carbons (Fsp3) is 0.300. The average molecular weight is 194 g/mol. The van der Waals surface area contributed by atoms with Crippen LogP contribution in [0.2, 0.25) is 0 Å². The summed E-state index contributed by atoms with van der Waals surface area (Å²) in [4.78, 5) is 11.4. The standard InChI is InChI=1S/C10H10O4/c1-13-10(12)9-6-4-5-14-8(6)3-2-7(9)11/h2-3,11H,4-5H2,1H3. The fourth-order valence-corrected chi connectivity index (χ4v) is 1.59. The highest BCUT2D eigenvalue weighted by Gasteiger charge is 2.24. The molecule has 1 aromatic carbocycles. The highest BCUT2D eigenvalue weighted by Crippen LogP contribution is 2.34. The number of aromatic hydroxyl groups is 1. The SMILES string of the molecule is COC(=O)c1c(O)ccc2c1CCO2. The van der Waals surface area contributed by atoms with Crippen molar-refractivity contribution in [3.63, 3.8) is 0 Å². The summed E-state index contributed by atoms with van der Waals surface area (Å²) in [6.07, 6.45) is 0.633. The van der Waals surface area contributed by atoms with Crippen molar-refractivity contribution in [1.29, 1.82) is 0 Å². The van der Waals surface area contributed by atoms with Crippen LogP contribution in [0.4, 0.5) is 0 Å². The first-order valence-electron chi connectivity index (χ1n) is 4.30. The van der Waals surface area contributed by atoms with Crippen LogP contribution >= 0.6 is 0 Å². The van der Waals surface area contributed by atoms with Gasteiger partial charge in [-0.1, -0.05) is 0 Å². The first-order valence-corrected chi connectivity index (χ1v) is 4.30. The molecule has 0 atom stereocenters. The minimum absolute atomic E-state index is 0.0545. The zero-order chi connectivity index (χ0) is 10.1. The van der Waals surface area contributed by atoms with Gasteiger partial charge in [0.25, 0.3) is 0 Å². The van der Waals surface area contributed by atoms with Crippen LogP contribution in [0.5, 0.6) is 11.5 Å². The summed E-state index contributed by atoms with van der Waals surface area (Å²) in [6, 6.07) is 3.10. The Morgan fingerprint density at radius 1 is 1.57 bits per heavy atom. The van der Waals surface area contributed by atoms with Gasteiger partial charge in [-0.15, -0.1) is 0 Å². The van der Waals surface area contributed by atoms with E-state index in [-0.39, 0.29) is 11.3 Å². The molecule has 1 heterocycles. The minimum Gasteiger partial charge on any atom is -0.507 e. The second-order valence-electron chi connectivity index (χ2n) is 3.03. The summed E-state index contributed by atoms with van der Waals surface area (Å²) in [5, 5.41) is 9.52. The second-order valence-corrected chi connectivity index (χ2v) is 3.03. The third-order valence-corrected chi connectivity index (χ3v) is 2.25. The number of rotatable bonds is 1. The van der Waals surface area contributed by atoms with Gasteiger partial charge in [-0.2, -0.15) is 0 Å². The number of esters is 1. The van der Waals surface area contributed by atoms with E-state index in [0.29, 0.717) is 18.8 Å². The lowest BCUT2D eigenvalue weighted by Crippen LogP contribution is -2.05. The molecule has 4 heteroatoms. The van der Waals surface area contributed by atoms with Gasteiger partial charge in [0, 0.05) is 12.0 Å². The van der Waals surface area contributed by atoms with Crippen LogP contribution in [0.3, 0.4) is 0 Å². The van der Waals surface area contributed by atoms with Crippen molar-refractivity contribution in [1.82, 2.24) is 0 Å². The Labute approximate surface area is 81.1 Å². The van der Waals surface area contributed by atoms with Gasteiger partial charge in [0.15, 0.2) is 0 Å². The van der Waals surface area contributed by atoms with E-state index in [1.165, 1.54) is 13.2 Å². The van der Waals surface area contributed by atoms with Crippen molar-refractivity contribution in [2.75, 3.05) is 13.7 Å². The molecule has 0 aromatic heterocycles. The molecule has 0 amide bonds.